The fraction of sp³-hybridized carbons (Fsp3) is 0.263. The van der Waals surface area contributed by atoms with Crippen LogP contribution in [0.25, 0.3) is 22.4 Å². The first-order valence-corrected chi connectivity index (χ1v) is 8.31. The van der Waals surface area contributed by atoms with Gasteiger partial charge in [-0.3, -0.25) is 0 Å². The van der Waals surface area contributed by atoms with Gasteiger partial charge in [0.05, 0.1) is 11.0 Å². The lowest BCUT2D eigenvalue weighted by Gasteiger charge is -2.20. The fourth-order valence-corrected chi connectivity index (χ4v) is 3.14. The van der Waals surface area contributed by atoms with E-state index in [-0.39, 0.29) is 5.92 Å². The number of hydrogen-bond acceptors (Lipinski definition) is 2. The van der Waals surface area contributed by atoms with Gasteiger partial charge in [0.15, 0.2) is 0 Å². The Labute approximate surface area is 145 Å². The molecule has 0 aliphatic rings. The van der Waals surface area contributed by atoms with Crippen molar-refractivity contribution in [3.8, 4) is 11.4 Å². The minimum atomic E-state index is -0.852. The predicted octanol–water partition coefficient (Wildman–Crippen LogP) is 5.03. The van der Waals surface area contributed by atoms with Gasteiger partial charge in [-0.25, -0.2) is 9.78 Å². The Hall–Kier alpha value is -2.33. The molecule has 0 aliphatic carbocycles. The van der Waals surface area contributed by atoms with Gasteiger partial charge >= 0.3 is 5.97 Å². The largest absolute Gasteiger partial charge is 0.480 e. The van der Waals surface area contributed by atoms with Crippen LogP contribution in [0.2, 0.25) is 5.02 Å². The molecule has 2 aromatic carbocycles. The molecular weight excluding hydrogens is 324 g/mol. The van der Waals surface area contributed by atoms with Gasteiger partial charge in [-0.1, -0.05) is 49.7 Å². The van der Waals surface area contributed by atoms with Gasteiger partial charge in [0.25, 0.3) is 0 Å². The minimum Gasteiger partial charge on any atom is -0.480 e. The van der Waals surface area contributed by atoms with Gasteiger partial charge in [0.2, 0.25) is 0 Å². The lowest BCUT2D eigenvalue weighted by Crippen LogP contribution is -2.21. The summed E-state index contributed by atoms with van der Waals surface area (Å²) in [5, 5.41) is 10.4. The van der Waals surface area contributed by atoms with Crippen LogP contribution in [-0.2, 0) is 4.79 Å². The SMILES string of the molecule is CC(C)CC(C(=O)O)n1c(-c2cccc(Cl)c2)nc2ccccc21. The second kappa shape index (κ2) is 6.65. The number of hydrogen-bond donors (Lipinski definition) is 1. The first-order chi connectivity index (χ1) is 11.5. The van der Waals surface area contributed by atoms with Gasteiger partial charge < -0.3 is 9.67 Å². The second-order valence-electron chi connectivity index (χ2n) is 6.29. The summed E-state index contributed by atoms with van der Waals surface area (Å²) in [6.45, 7) is 4.04. The van der Waals surface area contributed by atoms with Gasteiger partial charge in [-0.2, -0.15) is 0 Å². The van der Waals surface area contributed by atoms with Crippen molar-refractivity contribution in [2.45, 2.75) is 26.3 Å². The average Bonchev–Trinajstić information content (AvgIpc) is 2.91. The monoisotopic (exact) mass is 342 g/mol. The quantitative estimate of drug-likeness (QED) is 0.707. The molecule has 0 bridgehead atoms. The van der Waals surface area contributed by atoms with Crippen LogP contribution >= 0.6 is 11.6 Å². The van der Waals surface area contributed by atoms with Crippen LogP contribution in [-0.4, -0.2) is 20.6 Å². The highest BCUT2D eigenvalue weighted by Gasteiger charge is 2.26. The Morgan fingerprint density at radius 2 is 1.96 bits per heavy atom. The van der Waals surface area contributed by atoms with E-state index in [4.69, 9.17) is 11.6 Å². The number of para-hydroxylation sites is 2. The molecule has 24 heavy (non-hydrogen) atoms. The zero-order valence-corrected chi connectivity index (χ0v) is 14.4. The number of benzene rings is 2. The Bertz CT molecular complexity index is 886. The molecule has 1 unspecified atom stereocenters. The summed E-state index contributed by atoms with van der Waals surface area (Å²) < 4.78 is 1.82. The van der Waals surface area contributed by atoms with Crippen LogP contribution in [0.1, 0.15) is 26.3 Å². The van der Waals surface area contributed by atoms with Crippen LogP contribution < -0.4 is 0 Å². The number of rotatable bonds is 5. The smallest absolute Gasteiger partial charge is 0.326 e. The van der Waals surface area contributed by atoms with E-state index < -0.39 is 12.0 Å². The van der Waals surface area contributed by atoms with E-state index >= 15 is 0 Å². The molecule has 4 nitrogen and oxygen atoms in total. The molecule has 0 fully saturated rings. The van der Waals surface area contributed by atoms with Gasteiger partial charge in [0.1, 0.15) is 11.9 Å². The third-order valence-electron chi connectivity index (χ3n) is 3.97. The van der Waals surface area contributed by atoms with Crippen LogP contribution in [0.4, 0.5) is 0 Å². The first kappa shape index (κ1) is 16.5. The van der Waals surface area contributed by atoms with E-state index in [0.717, 1.165) is 16.6 Å². The fourth-order valence-electron chi connectivity index (χ4n) is 2.95. The van der Waals surface area contributed by atoms with Crippen molar-refractivity contribution < 1.29 is 9.90 Å². The van der Waals surface area contributed by atoms with Crippen LogP contribution in [0.15, 0.2) is 48.5 Å². The second-order valence-corrected chi connectivity index (χ2v) is 6.72. The molecule has 1 atom stereocenters. The molecule has 1 heterocycles. The average molecular weight is 343 g/mol. The molecule has 0 saturated heterocycles. The maximum Gasteiger partial charge on any atom is 0.326 e. The summed E-state index contributed by atoms with van der Waals surface area (Å²) in [5.74, 6) is 0.0290. The maximum absolute atomic E-state index is 12.0. The minimum absolute atomic E-state index is 0.250. The number of carbonyl (C=O) groups is 1. The summed E-state index contributed by atoms with van der Waals surface area (Å²) in [4.78, 5) is 16.6. The molecule has 3 rings (SSSR count). The lowest BCUT2D eigenvalue weighted by molar-refractivity contribution is -0.141. The summed E-state index contributed by atoms with van der Waals surface area (Å²) >= 11 is 6.12. The topological polar surface area (TPSA) is 55.1 Å². The van der Waals surface area contributed by atoms with Crippen molar-refractivity contribution in [3.63, 3.8) is 0 Å². The van der Waals surface area contributed by atoms with E-state index in [1.54, 1.807) is 6.07 Å². The summed E-state index contributed by atoms with van der Waals surface area (Å²) in [6, 6.07) is 14.3. The van der Waals surface area contributed by atoms with Crippen molar-refractivity contribution in [1.29, 1.82) is 0 Å². The molecule has 5 heteroatoms. The normalized spacial score (nSPS) is 12.7. The number of imidazole rings is 1. The summed E-state index contributed by atoms with van der Waals surface area (Å²) in [5.41, 5.74) is 2.41. The Kier molecular flexibility index (Phi) is 4.58. The van der Waals surface area contributed by atoms with Crippen molar-refractivity contribution in [1.82, 2.24) is 9.55 Å². The zero-order valence-electron chi connectivity index (χ0n) is 13.6. The molecule has 0 amide bonds. The van der Waals surface area contributed by atoms with Crippen molar-refractivity contribution >= 4 is 28.6 Å². The Morgan fingerprint density at radius 3 is 2.62 bits per heavy atom. The van der Waals surface area contributed by atoms with Crippen molar-refractivity contribution in [2.24, 2.45) is 5.92 Å². The molecule has 0 aliphatic heterocycles. The number of aromatic nitrogens is 2. The Morgan fingerprint density at radius 1 is 1.21 bits per heavy atom. The molecular formula is C19H19ClN2O2. The van der Waals surface area contributed by atoms with Crippen LogP contribution in [0, 0.1) is 5.92 Å². The highest BCUT2D eigenvalue weighted by Crippen LogP contribution is 2.32. The summed E-state index contributed by atoms with van der Waals surface area (Å²) in [6.07, 6.45) is 0.531. The molecule has 1 N–H and O–H groups in total. The number of carboxylic acids is 1. The highest BCUT2D eigenvalue weighted by atomic mass is 35.5. The first-order valence-electron chi connectivity index (χ1n) is 7.93. The third kappa shape index (κ3) is 3.15. The molecule has 124 valence electrons. The lowest BCUT2D eigenvalue weighted by atomic mass is 10.0. The number of nitrogens with zero attached hydrogens (tertiary/aromatic N) is 2. The maximum atomic E-state index is 12.0. The Balaban J connectivity index is 2.27. The van der Waals surface area contributed by atoms with Gasteiger partial charge in [-0.05, 0) is 36.6 Å². The summed E-state index contributed by atoms with van der Waals surface area (Å²) in [7, 11) is 0. The molecule has 0 radical (unpaired) electrons. The van der Waals surface area contributed by atoms with Gasteiger partial charge in [0, 0.05) is 10.6 Å². The number of carboxylic acid groups (broad SMARTS) is 1. The van der Waals surface area contributed by atoms with Crippen LogP contribution in [0.5, 0.6) is 0 Å². The molecule has 1 aromatic heterocycles. The molecule has 0 spiro atoms. The standard InChI is InChI=1S/C19H19ClN2O2/c1-12(2)10-17(19(23)24)22-16-9-4-3-8-15(16)21-18(22)13-6-5-7-14(20)11-13/h3-9,11-12,17H,10H2,1-2H3,(H,23,24). The molecule has 3 aromatic rings. The molecule has 0 saturated carbocycles. The van der Waals surface area contributed by atoms with E-state index in [0.29, 0.717) is 17.3 Å². The predicted molar refractivity (Wildman–Crippen MR) is 96.3 cm³/mol. The zero-order chi connectivity index (χ0) is 17.3. The van der Waals surface area contributed by atoms with E-state index in [1.807, 2.05) is 60.9 Å². The van der Waals surface area contributed by atoms with Crippen molar-refractivity contribution in [2.75, 3.05) is 0 Å². The number of halogens is 1. The third-order valence-corrected chi connectivity index (χ3v) is 4.21. The van der Waals surface area contributed by atoms with Crippen molar-refractivity contribution in [3.05, 3.63) is 53.6 Å². The number of aliphatic carboxylic acids is 1. The van der Waals surface area contributed by atoms with E-state index in [1.165, 1.54) is 0 Å². The van der Waals surface area contributed by atoms with E-state index in [2.05, 4.69) is 4.98 Å². The highest BCUT2D eigenvalue weighted by molar-refractivity contribution is 6.30. The van der Waals surface area contributed by atoms with Gasteiger partial charge in [-0.15, -0.1) is 0 Å². The number of fused-ring (bicyclic) bond motifs is 1. The van der Waals surface area contributed by atoms with Crippen LogP contribution in [0.3, 0.4) is 0 Å². The van der Waals surface area contributed by atoms with E-state index in [9.17, 15) is 9.90 Å².